The fraction of sp³-hybridized carbons (Fsp3) is 0.750. The zero-order valence-corrected chi connectivity index (χ0v) is 7.51. The molecule has 6 nitrogen and oxygen atoms in total. The van der Waals surface area contributed by atoms with Crippen molar-refractivity contribution in [2.75, 3.05) is 13.2 Å². The topological polar surface area (TPSA) is 93.1 Å². The molecule has 1 heterocycles. The highest BCUT2D eigenvalue weighted by Gasteiger charge is 2.30. The van der Waals surface area contributed by atoms with Crippen molar-refractivity contribution in [2.45, 2.75) is 25.0 Å². The summed E-state index contributed by atoms with van der Waals surface area (Å²) in [5.74, 6) is -2.94. The van der Waals surface area contributed by atoms with Crippen molar-refractivity contribution in [2.24, 2.45) is 0 Å². The van der Waals surface area contributed by atoms with Crippen LogP contribution in [0.1, 0.15) is 12.8 Å². The number of carboxylic acids is 2. The van der Waals surface area contributed by atoms with E-state index in [0.29, 0.717) is 26.1 Å². The molecule has 1 aliphatic rings. The summed E-state index contributed by atoms with van der Waals surface area (Å²) < 4.78 is 9.96. The van der Waals surface area contributed by atoms with Crippen molar-refractivity contribution in [3.63, 3.8) is 0 Å². The van der Waals surface area contributed by atoms with Crippen molar-refractivity contribution >= 4 is 11.9 Å². The third-order valence-corrected chi connectivity index (χ3v) is 1.95. The first-order valence-corrected chi connectivity index (χ1v) is 4.30. The van der Waals surface area contributed by atoms with E-state index in [-0.39, 0.29) is 6.10 Å². The van der Waals surface area contributed by atoms with Crippen LogP contribution in [0, 0.1) is 0 Å². The molecule has 2 N–H and O–H groups in total. The molecule has 0 aromatic heterocycles. The first-order valence-electron chi connectivity index (χ1n) is 4.30. The SMILES string of the molecule is O=C(O)C(OC1CCOCC1)C(=O)O. The zero-order chi connectivity index (χ0) is 10.6. The molecule has 0 saturated carbocycles. The van der Waals surface area contributed by atoms with Gasteiger partial charge in [-0.25, -0.2) is 9.59 Å². The molecule has 0 aromatic rings. The average molecular weight is 204 g/mol. The molecule has 1 rings (SSSR count). The minimum Gasteiger partial charge on any atom is -0.479 e. The Hall–Kier alpha value is -1.14. The van der Waals surface area contributed by atoms with E-state index in [4.69, 9.17) is 19.7 Å². The quantitative estimate of drug-likeness (QED) is 0.612. The van der Waals surface area contributed by atoms with Crippen LogP contribution < -0.4 is 0 Å². The maximum Gasteiger partial charge on any atom is 0.344 e. The van der Waals surface area contributed by atoms with Crippen LogP contribution in [0.2, 0.25) is 0 Å². The van der Waals surface area contributed by atoms with Crippen LogP contribution in [0.4, 0.5) is 0 Å². The molecule has 0 atom stereocenters. The number of hydrogen-bond acceptors (Lipinski definition) is 4. The van der Waals surface area contributed by atoms with Gasteiger partial charge < -0.3 is 19.7 Å². The molecule has 80 valence electrons. The molecule has 0 aromatic carbocycles. The fourth-order valence-corrected chi connectivity index (χ4v) is 1.23. The van der Waals surface area contributed by atoms with Gasteiger partial charge in [0.1, 0.15) is 0 Å². The van der Waals surface area contributed by atoms with E-state index in [1.807, 2.05) is 0 Å². The monoisotopic (exact) mass is 204 g/mol. The minimum atomic E-state index is -1.77. The zero-order valence-electron chi connectivity index (χ0n) is 7.51. The number of carbonyl (C=O) groups is 2. The third kappa shape index (κ3) is 2.97. The van der Waals surface area contributed by atoms with Gasteiger partial charge in [-0.1, -0.05) is 0 Å². The van der Waals surface area contributed by atoms with E-state index in [1.165, 1.54) is 0 Å². The smallest absolute Gasteiger partial charge is 0.344 e. The van der Waals surface area contributed by atoms with Crippen LogP contribution >= 0.6 is 0 Å². The summed E-state index contributed by atoms with van der Waals surface area (Å²) in [5.41, 5.74) is 0. The van der Waals surface area contributed by atoms with E-state index in [9.17, 15) is 9.59 Å². The molecule has 1 fully saturated rings. The van der Waals surface area contributed by atoms with Gasteiger partial charge in [0.05, 0.1) is 6.10 Å². The second-order valence-corrected chi connectivity index (χ2v) is 3.00. The number of rotatable bonds is 4. The number of ether oxygens (including phenoxy) is 2. The maximum atomic E-state index is 10.5. The normalized spacial score (nSPS) is 18.4. The van der Waals surface area contributed by atoms with Gasteiger partial charge in [-0.15, -0.1) is 0 Å². The summed E-state index contributed by atoms with van der Waals surface area (Å²) >= 11 is 0. The molecule has 1 aliphatic heterocycles. The van der Waals surface area contributed by atoms with Gasteiger partial charge >= 0.3 is 11.9 Å². The van der Waals surface area contributed by atoms with Crippen LogP contribution in [0.5, 0.6) is 0 Å². The lowest BCUT2D eigenvalue weighted by Gasteiger charge is -2.23. The first kappa shape index (κ1) is 10.9. The van der Waals surface area contributed by atoms with Crippen LogP contribution in [0.15, 0.2) is 0 Å². The predicted octanol–water partition coefficient (Wildman–Crippen LogP) is -0.280. The Balaban J connectivity index is 2.45. The van der Waals surface area contributed by atoms with Gasteiger partial charge in [0.15, 0.2) is 0 Å². The Bertz CT molecular complexity index is 206. The van der Waals surface area contributed by atoms with Crippen LogP contribution in [0.3, 0.4) is 0 Å². The lowest BCUT2D eigenvalue weighted by molar-refractivity contribution is -0.173. The number of aliphatic carboxylic acids is 2. The van der Waals surface area contributed by atoms with Crippen molar-refractivity contribution < 1.29 is 29.3 Å². The van der Waals surface area contributed by atoms with Gasteiger partial charge in [0.25, 0.3) is 6.10 Å². The lowest BCUT2D eigenvalue weighted by atomic mass is 10.1. The van der Waals surface area contributed by atoms with Crippen LogP contribution in [-0.2, 0) is 19.1 Å². The highest BCUT2D eigenvalue weighted by Crippen LogP contribution is 2.13. The van der Waals surface area contributed by atoms with Gasteiger partial charge in [0.2, 0.25) is 0 Å². The molecule has 0 unspecified atom stereocenters. The van der Waals surface area contributed by atoms with Gasteiger partial charge in [0, 0.05) is 13.2 Å². The minimum absolute atomic E-state index is 0.332. The Labute approximate surface area is 80.4 Å². The van der Waals surface area contributed by atoms with Gasteiger partial charge in [-0.3, -0.25) is 0 Å². The molecular weight excluding hydrogens is 192 g/mol. The Morgan fingerprint density at radius 3 is 2.14 bits per heavy atom. The summed E-state index contributed by atoms with van der Waals surface area (Å²) in [6, 6.07) is 0. The Morgan fingerprint density at radius 1 is 1.21 bits per heavy atom. The van der Waals surface area contributed by atoms with Crippen molar-refractivity contribution in [3.8, 4) is 0 Å². The fourth-order valence-electron chi connectivity index (χ4n) is 1.23. The number of carboxylic acid groups (broad SMARTS) is 2. The second kappa shape index (κ2) is 4.92. The van der Waals surface area contributed by atoms with Crippen LogP contribution in [-0.4, -0.2) is 47.6 Å². The summed E-state index contributed by atoms with van der Waals surface area (Å²) in [7, 11) is 0. The Kier molecular flexibility index (Phi) is 3.84. The summed E-state index contributed by atoms with van der Waals surface area (Å²) in [4.78, 5) is 21.0. The molecule has 0 aliphatic carbocycles. The molecule has 1 saturated heterocycles. The van der Waals surface area contributed by atoms with Crippen molar-refractivity contribution in [3.05, 3.63) is 0 Å². The van der Waals surface area contributed by atoms with Crippen molar-refractivity contribution in [1.82, 2.24) is 0 Å². The summed E-state index contributed by atoms with van der Waals surface area (Å²) in [5, 5.41) is 17.1. The molecule has 0 spiro atoms. The summed E-state index contributed by atoms with van der Waals surface area (Å²) in [6.07, 6.45) is -1.02. The standard InChI is InChI=1S/C8H12O6/c9-7(10)6(8(11)12)14-5-1-3-13-4-2-5/h5-6H,1-4H2,(H,9,10)(H,11,12). The largest absolute Gasteiger partial charge is 0.479 e. The van der Waals surface area contributed by atoms with E-state index < -0.39 is 18.0 Å². The lowest BCUT2D eigenvalue weighted by Crippen LogP contribution is -2.38. The molecule has 6 heteroatoms. The summed E-state index contributed by atoms with van der Waals surface area (Å²) in [6.45, 7) is 0.966. The first-order chi connectivity index (χ1) is 6.61. The third-order valence-electron chi connectivity index (χ3n) is 1.95. The van der Waals surface area contributed by atoms with E-state index in [0.717, 1.165) is 0 Å². The average Bonchev–Trinajstić information content (AvgIpc) is 2.15. The molecule has 0 amide bonds. The molecular formula is C8H12O6. The number of hydrogen-bond donors (Lipinski definition) is 2. The maximum absolute atomic E-state index is 10.5. The van der Waals surface area contributed by atoms with E-state index >= 15 is 0 Å². The molecule has 0 radical (unpaired) electrons. The van der Waals surface area contributed by atoms with Crippen molar-refractivity contribution in [1.29, 1.82) is 0 Å². The highest BCUT2D eigenvalue weighted by atomic mass is 16.6. The highest BCUT2D eigenvalue weighted by molar-refractivity contribution is 5.96. The van der Waals surface area contributed by atoms with Gasteiger partial charge in [-0.05, 0) is 12.8 Å². The van der Waals surface area contributed by atoms with Crippen LogP contribution in [0.25, 0.3) is 0 Å². The van der Waals surface area contributed by atoms with E-state index in [2.05, 4.69) is 0 Å². The van der Waals surface area contributed by atoms with E-state index in [1.54, 1.807) is 0 Å². The second-order valence-electron chi connectivity index (χ2n) is 3.00. The Morgan fingerprint density at radius 2 is 1.71 bits per heavy atom. The van der Waals surface area contributed by atoms with Gasteiger partial charge in [-0.2, -0.15) is 0 Å². The molecule has 14 heavy (non-hydrogen) atoms. The predicted molar refractivity (Wildman–Crippen MR) is 44.0 cm³/mol. The molecule has 0 bridgehead atoms.